The lowest BCUT2D eigenvalue weighted by Crippen LogP contribution is -2.13. The van der Waals surface area contributed by atoms with E-state index in [9.17, 15) is 27.9 Å². The Morgan fingerprint density at radius 1 is 1.11 bits per heavy atom. The number of hydrogen-bond acceptors (Lipinski definition) is 2. The first-order chi connectivity index (χ1) is 12.6. The third-order valence-corrected chi connectivity index (χ3v) is 3.96. The molecule has 2 rings (SSSR count). The van der Waals surface area contributed by atoms with Gasteiger partial charge in [0.25, 0.3) is 0 Å². The minimum atomic E-state index is -4.57. The summed E-state index contributed by atoms with van der Waals surface area (Å²) in [5.41, 5.74) is -0.212. The van der Waals surface area contributed by atoms with Crippen LogP contribution in [-0.4, -0.2) is 17.0 Å². The summed E-state index contributed by atoms with van der Waals surface area (Å²) >= 11 is 5.58. The zero-order valence-electron chi connectivity index (χ0n) is 14.1. The van der Waals surface area contributed by atoms with Crippen LogP contribution >= 0.6 is 11.6 Å². The van der Waals surface area contributed by atoms with Crippen molar-refractivity contribution < 1.29 is 27.9 Å². The fraction of sp³-hybridized carbons (Fsp3) is 0.158. The third kappa shape index (κ3) is 5.34. The molecule has 0 heterocycles. The van der Waals surface area contributed by atoms with Crippen LogP contribution in [0, 0.1) is 0 Å². The summed E-state index contributed by atoms with van der Waals surface area (Å²) in [6, 6.07) is 7.78. The van der Waals surface area contributed by atoms with Gasteiger partial charge in [-0.15, -0.1) is 0 Å². The zero-order chi connectivity index (χ0) is 20.2. The number of halogens is 4. The van der Waals surface area contributed by atoms with Crippen LogP contribution in [0.1, 0.15) is 40.4 Å². The Balaban J connectivity index is 2.33. The van der Waals surface area contributed by atoms with Crippen molar-refractivity contribution >= 4 is 41.3 Å². The van der Waals surface area contributed by atoms with E-state index in [2.05, 4.69) is 5.32 Å². The minimum absolute atomic E-state index is 0.119. The van der Waals surface area contributed by atoms with Gasteiger partial charge in [0.15, 0.2) is 0 Å². The van der Waals surface area contributed by atoms with E-state index < -0.39 is 22.7 Å². The number of amides is 1. The first kappa shape index (κ1) is 20.5. The molecule has 2 N–H and O–H groups in total. The summed E-state index contributed by atoms with van der Waals surface area (Å²) in [6.07, 6.45) is -1.49. The minimum Gasteiger partial charge on any atom is -0.478 e. The van der Waals surface area contributed by atoms with Crippen LogP contribution in [0.25, 0.3) is 12.2 Å². The second-order valence-electron chi connectivity index (χ2n) is 5.58. The number of carbonyl (C=O) groups excluding carboxylic acids is 1. The van der Waals surface area contributed by atoms with Gasteiger partial charge in [-0.3, -0.25) is 4.79 Å². The summed E-state index contributed by atoms with van der Waals surface area (Å²) in [5, 5.41) is 11.4. The second-order valence-corrected chi connectivity index (χ2v) is 5.99. The van der Waals surface area contributed by atoms with Gasteiger partial charge in [0.05, 0.1) is 21.8 Å². The van der Waals surface area contributed by atoms with Crippen molar-refractivity contribution in [3.8, 4) is 0 Å². The highest BCUT2D eigenvalue weighted by molar-refractivity contribution is 6.31. The molecule has 142 valence electrons. The lowest BCUT2D eigenvalue weighted by molar-refractivity contribution is -0.137. The first-order valence-corrected chi connectivity index (χ1v) is 8.21. The molecule has 0 atom stereocenters. The van der Waals surface area contributed by atoms with E-state index in [1.165, 1.54) is 30.4 Å². The molecule has 8 heteroatoms. The molecular weight excluding hydrogens is 383 g/mol. The van der Waals surface area contributed by atoms with Crippen LogP contribution in [0.4, 0.5) is 18.9 Å². The van der Waals surface area contributed by atoms with Crippen LogP contribution in [0.5, 0.6) is 0 Å². The Labute approximate surface area is 158 Å². The molecule has 0 aliphatic heterocycles. The third-order valence-electron chi connectivity index (χ3n) is 3.63. The summed E-state index contributed by atoms with van der Waals surface area (Å²) in [6.45, 7) is 1.63. The number of hydrogen-bond donors (Lipinski definition) is 2. The molecule has 0 aromatic heterocycles. The Morgan fingerprint density at radius 3 is 2.26 bits per heavy atom. The number of carboxylic acid groups (broad SMARTS) is 1. The maximum Gasteiger partial charge on any atom is 0.417 e. The van der Waals surface area contributed by atoms with Crippen molar-refractivity contribution in [2.45, 2.75) is 19.5 Å². The highest BCUT2D eigenvalue weighted by Crippen LogP contribution is 2.35. The molecule has 4 nitrogen and oxygen atoms in total. The Hall–Kier alpha value is -2.80. The van der Waals surface area contributed by atoms with E-state index in [-0.39, 0.29) is 29.1 Å². The van der Waals surface area contributed by atoms with Crippen LogP contribution in [0.3, 0.4) is 0 Å². The predicted octanol–water partition coefficient (Wildman–Crippen LogP) is 5.58. The summed E-state index contributed by atoms with van der Waals surface area (Å²) in [4.78, 5) is 22.9. The smallest absolute Gasteiger partial charge is 0.417 e. The number of nitrogens with one attached hydrogen (secondary N) is 1. The Bertz CT molecular complexity index is 908. The monoisotopic (exact) mass is 397 g/mol. The zero-order valence-corrected chi connectivity index (χ0v) is 14.9. The van der Waals surface area contributed by atoms with Gasteiger partial charge in [-0.2, -0.15) is 13.2 Å². The largest absolute Gasteiger partial charge is 0.478 e. The molecule has 2 aromatic carbocycles. The van der Waals surface area contributed by atoms with Gasteiger partial charge in [-0.05, 0) is 35.4 Å². The lowest BCUT2D eigenvalue weighted by atomic mass is 10.1. The number of rotatable bonds is 5. The topological polar surface area (TPSA) is 66.4 Å². The normalized spacial score (nSPS) is 11.6. The number of carbonyl (C=O) groups is 2. The van der Waals surface area contributed by atoms with Crippen molar-refractivity contribution in [2.75, 3.05) is 5.32 Å². The SMILES string of the molecule is CCC(=O)Nc1ccc(/C=C/c2ccc(Cl)c(C(F)(F)F)c2)cc1C(=O)O. The molecule has 0 saturated heterocycles. The second kappa shape index (κ2) is 8.26. The quantitative estimate of drug-likeness (QED) is 0.647. The van der Waals surface area contributed by atoms with Crippen molar-refractivity contribution in [1.82, 2.24) is 0 Å². The van der Waals surface area contributed by atoms with Crippen LogP contribution < -0.4 is 5.32 Å². The summed E-state index contributed by atoms with van der Waals surface area (Å²) < 4.78 is 38.7. The average Bonchev–Trinajstić information content (AvgIpc) is 2.60. The molecule has 0 aliphatic rings. The molecule has 0 bridgehead atoms. The average molecular weight is 398 g/mol. The Morgan fingerprint density at radius 2 is 1.70 bits per heavy atom. The molecule has 0 spiro atoms. The van der Waals surface area contributed by atoms with E-state index in [0.29, 0.717) is 5.56 Å². The van der Waals surface area contributed by atoms with E-state index in [4.69, 9.17) is 11.6 Å². The van der Waals surface area contributed by atoms with E-state index in [1.54, 1.807) is 13.0 Å². The van der Waals surface area contributed by atoms with Crippen LogP contribution in [-0.2, 0) is 11.0 Å². The van der Waals surface area contributed by atoms with Crippen LogP contribution in [0.15, 0.2) is 36.4 Å². The van der Waals surface area contributed by atoms with Crippen LogP contribution in [0.2, 0.25) is 5.02 Å². The molecule has 0 saturated carbocycles. The van der Waals surface area contributed by atoms with Gasteiger partial charge in [0.1, 0.15) is 0 Å². The molecule has 0 unspecified atom stereocenters. The summed E-state index contributed by atoms with van der Waals surface area (Å²) in [5.74, 6) is -1.57. The van der Waals surface area contributed by atoms with Crippen molar-refractivity contribution in [1.29, 1.82) is 0 Å². The molecule has 0 fully saturated rings. The molecule has 27 heavy (non-hydrogen) atoms. The lowest BCUT2D eigenvalue weighted by Gasteiger charge is -2.10. The highest BCUT2D eigenvalue weighted by Gasteiger charge is 2.33. The van der Waals surface area contributed by atoms with Crippen molar-refractivity contribution in [2.24, 2.45) is 0 Å². The molecular formula is C19H15ClF3NO3. The predicted molar refractivity (Wildman–Crippen MR) is 97.7 cm³/mol. The molecule has 0 radical (unpaired) electrons. The molecule has 1 amide bonds. The van der Waals surface area contributed by atoms with Gasteiger partial charge in [0, 0.05) is 6.42 Å². The number of carboxylic acids is 1. The van der Waals surface area contributed by atoms with E-state index in [0.717, 1.165) is 12.1 Å². The maximum atomic E-state index is 12.9. The van der Waals surface area contributed by atoms with E-state index in [1.807, 2.05) is 0 Å². The summed E-state index contributed by atoms with van der Waals surface area (Å²) in [7, 11) is 0. The fourth-order valence-electron chi connectivity index (χ4n) is 2.25. The van der Waals surface area contributed by atoms with Crippen molar-refractivity contribution in [3.63, 3.8) is 0 Å². The van der Waals surface area contributed by atoms with Gasteiger partial charge < -0.3 is 10.4 Å². The molecule has 0 aliphatic carbocycles. The van der Waals surface area contributed by atoms with Gasteiger partial charge in [0.2, 0.25) is 5.91 Å². The number of benzene rings is 2. The number of anilines is 1. The standard InChI is InChI=1S/C19H15ClF3NO3/c1-2-17(25)24-16-8-6-11(9-13(16)18(26)27)3-4-12-5-7-15(20)14(10-12)19(21,22)23/h3-10H,2H2,1H3,(H,24,25)(H,26,27)/b4-3+. The first-order valence-electron chi connectivity index (χ1n) is 7.84. The van der Waals surface area contributed by atoms with Gasteiger partial charge in [-0.1, -0.05) is 42.8 Å². The van der Waals surface area contributed by atoms with Gasteiger partial charge in [-0.25, -0.2) is 4.79 Å². The highest BCUT2D eigenvalue weighted by atomic mass is 35.5. The number of aromatic carboxylic acids is 1. The van der Waals surface area contributed by atoms with E-state index >= 15 is 0 Å². The Kier molecular flexibility index (Phi) is 6.28. The maximum absolute atomic E-state index is 12.9. The molecule has 2 aromatic rings. The van der Waals surface area contributed by atoms with Gasteiger partial charge >= 0.3 is 12.1 Å². The fourth-order valence-corrected chi connectivity index (χ4v) is 2.47. The number of alkyl halides is 3. The van der Waals surface area contributed by atoms with Crippen molar-refractivity contribution in [3.05, 3.63) is 63.7 Å².